The van der Waals surface area contributed by atoms with Gasteiger partial charge in [0.1, 0.15) is 24.4 Å². The smallest absolute Gasteiger partial charge is 0.186 e. The van der Waals surface area contributed by atoms with E-state index in [-0.39, 0.29) is 24.0 Å². The Hall–Kier alpha value is -0.280. The molecule has 7 nitrogen and oxygen atoms in total. The lowest BCUT2D eigenvalue weighted by Gasteiger charge is -2.44. The Balaban J connectivity index is 1.86. The van der Waals surface area contributed by atoms with E-state index in [1.165, 1.54) is 0 Å². The number of ether oxygens (including phenoxy) is 3. The molecular weight excluding hydrogens is 364 g/mol. The summed E-state index contributed by atoms with van der Waals surface area (Å²) in [6, 6.07) is 0. The van der Waals surface area contributed by atoms with Gasteiger partial charge in [-0.3, -0.25) is 0 Å². The Labute approximate surface area is 169 Å². The molecule has 0 aromatic carbocycles. The van der Waals surface area contributed by atoms with Gasteiger partial charge in [-0.2, -0.15) is 0 Å². The molecule has 0 aromatic heterocycles. The predicted octanol–water partition coefficient (Wildman–Crippen LogP) is 1.45. The fraction of sp³-hybridized carbons (Fsp3) is 1.00. The highest BCUT2D eigenvalue weighted by Crippen LogP contribution is 2.45. The molecule has 7 heteroatoms. The van der Waals surface area contributed by atoms with Crippen LogP contribution in [-0.4, -0.2) is 76.6 Å². The third-order valence-corrected chi connectivity index (χ3v) is 5.63. The first kappa shape index (κ1) is 24.0. The lowest BCUT2D eigenvalue weighted by atomic mass is 9.64. The second-order valence-electron chi connectivity index (χ2n) is 10.8. The monoisotopic (exact) mass is 404 g/mol. The number of hydrogen-bond acceptors (Lipinski definition) is 7. The number of aliphatic hydroxyl groups excluding tert-OH is 3. The lowest BCUT2D eigenvalue weighted by Crippen LogP contribution is -2.59. The average Bonchev–Trinajstić information content (AvgIpc) is 2.50. The average molecular weight is 405 g/mol. The Bertz CT molecular complexity index is 495. The number of hydrogen-bond donors (Lipinski definition) is 4. The van der Waals surface area contributed by atoms with Crippen LogP contribution in [0.1, 0.15) is 60.8 Å². The Morgan fingerprint density at radius 1 is 1.04 bits per heavy atom. The summed E-state index contributed by atoms with van der Waals surface area (Å²) < 4.78 is 17.2. The van der Waals surface area contributed by atoms with Crippen LogP contribution in [0.25, 0.3) is 0 Å². The standard InChI is InChI=1S/C21H40O7/c1-13-7-21(6,8-13)12-26-9-14-15(22)16(23)17(24)18(28-14)27-11-19(2,3)10-20(4,5)25/h13-18,22-25H,7-12H2,1-6H3. The first-order valence-electron chi connectivity index (χ1n) is 10.3. The van der Waals surface area contributed by atoms with Crippen LogP contribution in [0.2, 0.25) is 0 Å². The van der Waals surface area contributed by atoms with Gasteiger partial charge in [-0.25, -0.2) is 0 Å². The van der Waals surface area contributed by atoms with Crippen molar-refractivity contribution in [3.8, 4) is 0 Å². The molecule has 0 aromatic rings. The van der Waals surface area contributed by atoms with E-state index < -0.39 is 36.3 Å². The third-order valence-electron chi connectivity index (χ3n) is 5.63. The van der Waals surface area contributed by atoms with Crippen molar-refractivity contribution in [2.45, 2.75) is 97.1 Å². The second kappa shape index (κ2) is 8.84. The van der Waals surface area contributed by atoms with Crippen LogP contribution in [0.3, 0.4) is 0 Å². The van der Waals surface area contributed by atoms with Gasteiger partial charge in [0.2, 0.25) is 0 Å². The van der Waals surface area contributed by atoms with Gasteiger partial charge >= 0.3 is 0 Å². The molecule has 1 heterocycles. The fourth-order valence-corrected chi connectivity index (χ4v) is 4.88. The van der Waals surface area contributed by atoms with Crippen molar-refractivity contribution in [3.05, 3.63) is 0 Å². The van der Waals surface area contributed by atoms with E-state index in [1.807, 2.05) is 13.8 Å². The van der Waals surface area contributed by atoms with Gasteiger partial charge in [0.15, 0.2) is 6.29 Å². The van der Waals surface area contributed by atoms with Crippen molar-refractivity contribution in [3.63, 3.8) is 0 Å². The van der Waals surface area contributed by atoms with Gasteiger partial charge in [0, 0.05) is 0 Å². The molecule has 0 spiro atoms. The van der Waals surface area contributed by atoms with Gasteiger partial charge in [-0.05, 0) is 49.9 Å². The Morgan fingerprint density at radius 2 is 1.64 bits per heavy atom. The summed E-state index contributed by atoms with van der Waals surface area (Å²) in [4.78, 5) is 0. The molecular formula is C21H40O7. The molecule has 0 radical (unpaired) electrons. The van der Waals surface area contributed by atoms with Gasteiger partial charge in [0.05, 0.1) is 25.4 Å². The highest BCUT2D eigenvalue weighted by Gasteiger charge is 2.45. The summed E-state index contributed by atoms with van der Waals surface area (Å²) in [6.07, 6.45) is -3.08. The molecule has 2 rings (SSSR count). The molecule has 4 N–H and O–H groups in total. The maximum Gasteiger partial charge on any atom is 0.186 e. The van der Waals surface area contributed by atoms with E-state index in [9.17, 15) is 20.4 Å². The minimum absolute atomic E-state index is 0.127. The predicted molar refractivity (Wildman–Crippen MR) is 105 cm³/mol. The molecule has 0 amide bonds. The van der Waals surface area contributed by atoms with Crippen molar-refractivity contribution in [1.29, 1.82) is 0 Å². The van der Waals surface area contributed by atoms with E-state index in [1.54, 1.807) is 13.8 Å². The maximum absolute atomic E-state index is 10.2. The minimum atomic E-state index is -1.37. The van der Waals surface area contributed by atoms with Gasteiger partial charge in [-0.15, -0.1) is 0 Å². The summed E-state index contributed by atoms with van der Waals surface area (Å²) in [6.45, 7) is 12.7. The molecule has 5 unspecified atom stereocenters. The lowest BCUT2D eigenvalue weighted by molar-refractivity contribution is -0.308. The summed E-state index contributed by atoms with van der Waals surface area (Å²) in [7, 11) is 0. The summed E-state index contributed by atoms with van der Waals surface area (Å²) in [5, 5.41) is 40.7. The van der Waals surface area contributed by atoms with Crippen molar-refractivity contribution in [2.75, 3.05) is 19.8 Å². The van der Waals surface area contributed by atoms with Crippen LogP contribution in [0.15, 0.2) is 0 Å². The largest absolute Gasteiger partial charge is 0.390 e. The fourth-order valence-electron chi connectivity index (χ4n) is 4.88. The quantitative estimate of drug-likeness (QED) is 0.461. The van der Waals surface area contributed by atoms with E-state index >= 15 is 0 Å². The number of aliphatic hydroxyl groups is 4. The van der Waals surface area contributed by atoms with Crippen molar-refractivity contribution in [2.24, 2.45) is 16.7 Å². The molecule has 2 aliphatic rings. The van der Waals surface area contributed by atoms with E-state index in [4.69, 9.17) is 14.2 Å². The van der Waals surface area contributed by atoms with Crippen LogP contribution in [0, 0.1) is 16.7 Å². The highest BCUT2D eigenvalue weighted by molar-refractivity contribution is 4.91. The van der Waals surface area contributed by atoms with Gasteiger partial charge in [-0.1, -0.05) is 27.7 Å². The van der Waals surface area contributed by atoms with Crippen LogP contribution in [-0.2, 0) is 14.2 Å². The van der Waals surface area contributed by atoms with E-state index in [0.29, 0.717) is 18.9 Å². The van der Waals surface area contributed by atoms with E-state index in [2.05, 4.69) is 13.8 Å². The van der Waals surface area contributed by atoms with Gasteiger partial charge < -0.3 is 34.6 Å². The van der Waals surface area contributed by atoms with Gasteiger partial charge in [0.25, 0.3) is 0 Å². The van der Waals surface area contributed by atoms with E-state index in [0.717, 1.165) is 12.8 Å². The topological polar surface area (TPSA) is 109 Å². The first-order chi connectivity index (χ1) is 12.7. The zero-order valence-corrected chi connectivity index (χ0v) is 18.2. The summed E-state index contributed by atoms with van der Waals surface area (Å²) in [5.74, 6) is 0.715. The van der Waals surface area contributed by atoms with Crippen molar-refractivity contribution >= 4 is 0 Å². The van der Waals surface area contributed by atoms with Crippen molar-refractivity contribution in [1.82, 2.24) is 0 Å². The Kier molecular flexibility index (Phi) is 7.57. The van der Waals surface area contributed by atoms with Crippen molar-refractivity contribution < 1.29 is 34.6 Å². The highest BCUT2D eigenvalue weighted by atomic mass is 16.7. The normalized spacial score (nSPS) is 39.6. The zero-order valence-electron chi connectivity index (χ0n) is 18.2. The summed E-state index contributed by atoms with van der Waals surface area (Å²) >= 11 is 0. The van der Waals surface area contributed by atoms with Crippen LogP contribution < -0.4 is 0 Å². The number of rotatable bonds is 9. The molecule has 0 bridgehead atoms. The molecule has 1 aliphatic heterocycles. The minimum Gasteiger partial charge on any atom is -0.390 e. The molecule has 1 aliphatic carbocycles. The molecule has 5 atom stereocenters. The zero-order chi connectivity index (χ0) is 21.3. The molecule has 28 heavy (non-hydrogen) atoms. The van der Waals surface area contributed by atoms with Crippen LogP contribution in [0.5, 0.6) is 0 Å². The SMILES string of the molecule is CC1CC(C)(COCC2OC(OCC(C)(C)CC(C)(C)O)C(O)C(O)C2O)C1. The molecule has 1 saturated carbocycles. The second-order valence-corrected chi connectivity index (χ2v) is 10.8. The Morgan fingerprint density at radius 3 is 2.18 bits per heavy atom. The molecule has 1 saturated heterocycles. The van der Waals surface area contributed by atoms with Crippen LogP contribution in [0.4, 0.5) is 0 Å². The van der Waals surface area contributed by atoms with Crippen LogP contribution >= 0.6 is 0 Å². The maximum atomic E-state index is 10.2. The molecule has 2 fully saturated rings. The molecule has 166 valence electrons. The third kappa shape index (κ3) is 6.62. The summed E-state index contributed by atoms with van der Waals surface area (Å²) in [5.41, 5.74) is -1.04. The first-order valence-corrected chi connectivity index (χ1v) is 10.3.